The second-order valence-electron chi connectivity index (χ2n) is 5.44. The Kier molecular flexibility index (Phi) is 5.43. The Labute approximate surface area is 164 Å². The highest BCUT2D eigenvalue weighted by atomic mass is 35.5. The molecule has 0 spiro atoms. The molecule has 27 heavy (non-hydrogen) atoms. The van der Waals surface area contributed by atoms with Crippen LogP contribution in [0.5, 0.6) is 0 Å². The van der Waals surface area contributed by atoms with Crippen LogP contribution in [0.3, 0.4) is 0 Å². The molecule has 0 atom stereocenters. The molecule has 3 aromatic rings. The number of nitro benzene ring substituents is 1. The van der Waals surface area contributed by atoms with Gasteiger partial charge < -0.3 is 4.74 Å². The standard InChI is InChI=1S/C18H13Cl2N3O4/c1-2-27-18(24)15-10-22(16-8-5-12(19)9-14(16)20)17(21-15)11-3-6-13(7-4-11)23(25)26/h3-10H,2H2,1H3. The van der Waals surface area contributed by atoms with Crippen LogP contribution in [0, 0.1) is 10.1 Å². The van der Waals surface area contributed by atoms with Gasteiger partial charge in [0.05, 0.1) is 22.2 Å². The number of esters is 1. The van der Waals surface area contributed by atoms with Crippen LogP contribution in [-0.4, -0.2) is 27.1 Å². The lowest BCUT2D eigenvalue weighted by Crippen LogP contribution is -2.04. The molecule has 1 heterocycles. The van der Waals surface area contributed by atoms with E-state index in [1.165, 1.54) is 18.3 Å². The Bertz CT molecular complexity index is 1020. The van der Waals surface area contributed by atoms with Crippen molar-refractivity contribution in [2.45, 2.75) is 6.92 Å². The second kappa shape index (κ2) is 7.77. The van der Waals surface area contributed by atoms with Crippen molar-refractivity contribution in [2.75, 3.05) is 6.61 Å². The Morgan fingerprint density at radius 3 is 2.52 bits per heavy atom. The van der Waals surface area contributed by atoms with E-state index in [0.29, 0.717) is 27.1 Å². The number of imidazole rings is 1. The quantitative estimate of drug-likeness (QED) is 0.341. The number of carbonyl (C=O) groups is 1. The molecular formula is C18H13Cl2N3O4. The molecule has 0 aliphatic heterocycles. The van der Waals surface area contributed by atoms with Crippen molar-refractivity contribution < 1.29 is 14.5 Å². The van der Waals surface area contributed by atoms with Gasteiger partial charge in [0.15, 0.2) is 5.69 Å². The highest BCUT2D eigenvalue weighted by Crippen LogP contribution is 2.30. The van der Waals surface area contributed by atoms with Crippen molar-refractivity contribution in [2.24, 2.45) is 0 Å². The van der Waals surface area contributed by atoms with Gasteiger partial charge in [-0.1, -0.05) is 23.2 Å². The molecule has 0 radical (unpaired) electrons. The number of nitro groups is 1. The van der Waals surface area contributed by atoms with Gasteiger partial charge in [-0.2, -0.15) is 0 Å². The predicted molar refractivity (Wildman–Crippen MR) is 102 cm³/mol. The lowest BCUT2D eigenvalue weighted by Gasteiger charge is -2.10. The van der Waals surface area contributed by atoms with Crippen LogP contribution < -0.4 is 0 Å². The molecule has 0 saturated heterocycles. The van der Waals surface area contributed by atoms with Crippen LogP contribution in [0.2, 0.25) is 10.0 Å². The van der Waals surface area contributed by atoms with Gasteiger partial charge in [0.2, 0.25) is 0 Å². The van der Waals surface area contributed by atoms with E-state index in [2.05, 4.69) is 4.98 Å². The molecule has 0 N–H and O–H groups in total. The fourth-order valence-corrected chi connectivity index (χ4v) is 2.98. The average Bonchev–Trinajstić information content (AvgIpc) is 3.07. The Hall–Kier alpha value is -2.90. The highest BCUT2D eigenvalue weighted by molar-refractivity contribution is 6.35. The fourth-order valence-electron chi connectivity index (χ4n) is 2.48. The summed E-state index contributed by atoms with van der Waals surface area (Å²) in [7, 11) is 0. The maximum absolute atomic E-state index is 12.1. The number of rotatable bonds is 5. The van der Waals surface area contributed by atoms with Gasteiger partial charge in [0.1, 0.15) is 5.82 Å². The van der Waals surface area contributed by atoms with Crippen molar-refractivity contribution in [3.05, 3.63) is 74.5 Å². The lowest BCUT2D eigenvalue weighted by atomic mass is 10.2. The van der Waals surface area contributed by atoms with Gasteiger partial charge in [-0.15, -0.1) is 0 Å². The van der Waals surface area contributed by atoms with Gasteiger partial charge in [0.25, 0.3) is 5.69 Å². The van der Waals surface area contributed by atoms with Crippen molar-refractivity contribution in [1.29, 1.82) is 0 Å². The van der Waals surface area contributed by atoms with E-state index in [0.717, 1.165) is 0 Å². The maximum Gasteiger partial charge on any atom is 0.358 e. The summed E-state index contributed by atoms with van der Waals surface area (Å²) in [6.45, 7) is 1.91. The van der Waals surface area contributed by atoms with E-state index in [1.54, 1.807) is 41.8 Å². The first-order chi connectivity index (χ1) is 12.9. The monoisotopic (exact) mass is 405 g/mol. The molecule has 138 valence electrons. The summed E-state index contributed by atoms with van der Waals surface area (Å²) in [4.78, 5) is 26.8. The first-order valence-electron chi connectivity index (χ1n) is 7.87. The number of aromatic nitrogens is 2. The molecule has 7 nitrogen and oxygen atoms in total. The SMILES string of the molecule is CCOC(=O)c1cn(-c2ccc(Cl)cc2Cl)c(-c2ccc([N+](=O)[O-])cc2)n1. The molecule has 0 amide bonds. The third-order valence-electron chi connectivity index (χ3n) is 3.70. The number of hydrogen-bond acceptors (Lipinski definition) is 5. The van der Waals surface area contributed by atoms with Crippen LogP contribution in [-0.2, 0) is 4.74 Å². The number of hydrogen-bond donors (Lipinski definition) is 0. The highest BCUT2D eigenvalue weighted by Gasteiger charge is 2.19. The second-order valence-corrected chi connectivity index (χ2v) is 6.28. The van der Waals surface area contributed by atoms with E-state index in [9.17, 15) is 14.9 Å². The molecule has 2 aromatic carbocycles. The van der Waals surface area contributed by atoms with E-state index < -0.39 is 10.9 Å². The van der Waals surface area contributed by atoms with Gasteiger partial charge in [-0.05, 0) is 37.3 Å². The van der Waals surface area contributed by atoms with Crippen molar-refractivity contribution >= 4 is 34.9 Å². The third-order valence-corrected chi connectivity index (χ3v) is 4.23. The molecule has 9 heteroatoms. The summed E-state index contributed by atoms with van der Waals surface area (Å²) in [6, 6.07) is 10.7. The van der Waals surface area contributed by atoms with Crippen molar-refractivity contribution in [3.8, 4) is 17.1 Å². The zero-order valence-electron chi connectivity index (χ0n) is 14.1. The largest absolute Gasteiger partial charge is 0.461 e. The summed E-state index contributed by atoms with van der Waals surface area (Å²) < 4.78 is 6.63. The molecule has 0 aliphatic rings. The topological polar surface area (TPSA) is 87.3 Å². The summed E-state index contributed by atoms with van der Waals surface area (Å²) in [5.41, 5.74) is 1.17. The van der Waals surface area contributed by atoms with Crippen LogP contribution in [0.4, 0.5) is 5.69 Å². The smallest absolute Gasteiger partial charge is 0.358 e. The zero-order valence-corrected chi connectivity index (χ0v) is 15.6. The molecule has 0 saturated carbocycles. The summed E-state index contributed by atoms with van der Waals surface area (Å²) in [5.74, 6) is -0.193. The Morgan fingerprint density at radius 1 is 1.22 bits per heavy atom. The molecular weight excluding hydrogens is 393 g/mol. The Balaban J connectivity index is 2.15. The number of nitrogens with zero attached hydrogens (tertiary/aromatic N) is 3. The molecule has 1 aromatic heterocycles. The molecule has 3 rings (SSSR count). The first kappa shape index (κ1) is 18.9. The molecule has 0 fully saturated rings. The molecule has 0 unspecified atom stereocenters. The van der Waals surface area contributed by atoms with E-state index in [-0.39, 0.29) is 18.0 Å². The number of ether oxygens (including phenoxy) is 1. The van der Waals surface area contributed by atoms with Crippen LogP contribution in [0.15, 0.2) is 48.7 Å². The third kappa shape index (κ3) is 3.94. The number of non-ortho nitro benzene ring substituents is 1. The molecule has 0 bridgehead atoms. The normalized spacial score (nSPS) is 10.6. The van der Waals surface area contributed by atoms with E-state index in [4.69, 9.17) is 27.9 Å². The van der Waals surface area contributed by atoms with E-state index in [1.807, 2.05) is 0 Å². The van der Waals surface area contributed by atoms with Gasteiger partial charge in [-0.25, -0.2) is 9.78 Å². The lowest BCUT2D eigenvalue weighted by molar-refractivity contribution is -0.384. The predicted octanol–water partition coefficient (Wildman–Crippen LogP) is 4.93. The summed E-state index contributed by atoms with van der Waals surface area (Å²) >= 11 is 12.3. The van der Waals surface area contributed by atoms with Gasteiger partial charge >= 0.3 is 5.97 Å². The minimum atomic E-state index is -0.579. The minimum absolute atomic E-state index is 0.0491. The van der Waals surface area contributed by atoms with Gasteiger partial charge in [0, 0.05) is 28.9 Å². The maximum atomic E-state index is 12.1. The first-order valence-corrected chi connectivity index (χ1v) is 8.63. The fraction of sp³-hybridized carbons (Fsp3) is 0.111. The average molecular weight is 406 g/mol. The number of carbonyl (C=O) groups excluding carboxylic acids is 1. The van der Waals surface area contributed by atoms with Crippen LogP contribution in [0.25, 0.3) is 17.1 Å². The van der Waals surface area contributed by atoms with Crippen molar-refractivity contribution in [1.82, 2.24) is 9.55 Å². The number of benzene rings is 2. The molecule has 0 aliphatic carbocycles. The zero-order chi connectivity index (χ0) is 19.6. The number of halogens is 2. The minimum Gasteiger partial charge on any atom is -0.461 e. The van der Waals surface area contributed by atoms with Crippen LogP contribution >= 0.6 is 23.2 Å². The summed E-state index contributed by atoms with van der Waals surface area (Å²) in [5, 5.41) is 11.7. The summed E-state index contributed by atoms with van der Waals surface area (Å²) in [6.07, 6.45) is 1.50. The Morgan fingerprint density at radius 2 is 1.93 bits per heavy atom. The van der Waals surface area contributed by atoms with Crippen LogP contribution in [0.1, 0.15) is 17.4 Å². The van der Waals surface area contributed by atoms with E-state index >= 15 is 0 Å². The van der Waals surface area contributed by atoms with Gasteiger partial charge in [-0.3, -0.25) is 14.7 Å². The van der Waals surface area contributed by atoms with Crippen molar-refractivity contribution in [3.63, 3.8) is 0 Å².